The van der Waals surface area contributed by atoms with E-state index in [0.29, 0.717) is 5.56 Å². The molecule has 0 amide bonds. The van der Waals surface area contributed by atoms with Crippen LogP contribution < -0.4 is 0 Å². The van der Waals surface area contributed by atoms with Gasteiger partial charge in [-0.25, -0.2) is 0 Å². The molecule has 5 heteroatoms. The van der Waals surface area contributed by atoms with Gasteiger partial charge in [-0.3, -0.25) is 4.79 Å². The molecule has 0 aliphatic carbocycles. The highest BCUT2D eigenvalue weighted by atomic mass is 79.9. The minimum absolute atomic E-state index is 0.549. The number of Topliss-reactive ketones (excluding diaryl/α,β-unsaturated/α-hetero) is 1. The Morgan fingerprint density at radius 3 is 2.35 bits per heavy atom. The van der Waals surface area contributed by atoms with E-state index in [-0.39, 0.29) is 0 Å². The molecule has 0 spiro atoms. The third kappa shape index (κ3) is 3.84. The Morgan fingerprint density at radius 2 is 1.88 bits per heavy atom. The fraction of sp³-hybridized carbons (Fsp3) is 0.417. The van der Waals surface area contributed by atoms with Gasteiger partial charge in [0.15, 0.2) is 0 Å². The number of carbonyl (C=O) groups is 1. The summed E-state index contributed by atoms with van der Waals surface area (Å²) in [6.45, 7) is 3.25. The molecule has 0 heterocycles. The summed E-state index contributed by atoms with van der Waals surface area (Å²) in [5.74, 6) is -1.69. The zero-order chi connectivity index (χ0) is 13.3. The first-order valence-electron chi connectivity index (χ1n) is 4.99. The van der Waals surface area contributed by atoms with Crippen LogP contribution in [0, 0.1) is 0 Å². The molecule has 0 aromatic heterocycles. The molecule has 0 atom stereocenters. The lowest BCUT2D eigenvalue weighted by molar-refractivity contribution is -0.172. The Bertz CT molecular complexity index is 424. The molecule has 0 aliphatic rings. The monoisotopic (exact) mass is 308 g/mol. The van der Waals surface area contributed by atoms with Crippen molar-refractivity contribution in [2.45, 2.75) is 31.9 Å². The van der Waals surface area contributed by atoms with Crippen molar-refractivity contribution in [3.63, 3.8) is 0 Å². The van der Waals surface area contributed by atoms with Crippen LogP contribution in [0.5, 0.6) is 0 Å². The zero-order valence-electron chi connectivity index (χ0n) is 9.44. The number of hydrogen-bond acceptors (Lipinski definition) is 1. The molecule has 0 bridgehead atoms. The first-order valence-corrected chi connectivity index (χ1v) is 5.78. The first kappa shape index (κ1) is 14.2. The lowest BCUT2D eigenvalue weighted by atomic mass is 9.80. The smallest absolute Gasteiger partial charge is 0.290 e. The van der Waals surface area contributed by atoms with E-state index in [0.717, 1.165) is 4.47 Å². The second kappa shape index (κ2) is 4.80. The summed E-state index contributed by atoms with van der Waals surface area (Å²) >= 11 is 3.25. The number of halogens is 4. The molecule has 0 fully saturated rings. The maximum absolute atomic E-state index is 12.2. The van der Waals surface area contributed by atoms with Gasteiger partial charge in [0.2, 0.25) is 5.78 Å². The molecule has 1 nitrogen and oxygen atoms in total. The highest BCUT2D eigenvalue weighted by Crippen LogP contribution is 2.32. The van der Waals surface area contributed by atoms with Crippen molar-refractivity contribution in [3.05, 3.63) is 34.3 Å². The lowest BCUT2D eigenvalue weighted by Crippen LogP contribution is -2.30. The van der Waals surface area contributed by atoms with Crippen LogP contribution in [0.2, 0.25) is 0 Å². The zero-order valence-corrected chi connectivity index (χ0v) is 11.0. The predicted molar refractivity (Wildman–Crippen MR) is 62.8 cm³/mol. The molecule has 17 heavy (non-hydrogen) atoms. The highest BCUT2D eigenvalue weighted by molar-refractivity contribution is 9.10. The minimum atomic E-state index is -4.76. The second-order valence-electron chi connectivity index (χ2n) is 4.49. The summed E-state index contributed by atoms with van der Waals surface area (Å²) < 4.78 is 37.4. The van der Waals surface area contributed by atoms with Gasteiger partial charge in [0.25, 0.3) is 0 Å². The van der Waals surface area contributed by atoms with E-state index in [9.17, 15) is 18.0 Å². The van der Waals surface area contributed by atoms with E-state index in [4.69, 9.17) is 0 Å². The Morgan fingerprint density at radius 1 is 1.29 bits per heavy atom. The fourth-order valence-electron chi connectivity index (χ4n) is 1.51. The number of hydrogen-bond donors (Lipinski definition) is 0. The minimum Gasteiger partial charge on any atom is -0.290 e. The van der Waals surface area contributed by atoms with Crippen molar-refractivity contribution < 1.29 is 18.0 Å². The normalized spacial score (nSPS) is 12.6. The number of carbonyl (C=O) groups excluding carboxylic acids is 1. The van der Waals surface area contributed by atoms with Crippen molar-refractivity contribution >= 4 is 21.7 Å². The van der Waals surface area contributed by atoms with Gasteiger partial charge in [0.05, 0.1) is 0 Å². The molecule has 94 valence electrons. The maximum atomic E-state index is 12.2. The summed E-state index contributed by atoms with van der Waals surface area (Å²) in [4.78, 5) is 11.0. The molecule has 1 aromatic carbocycles. The Hall–Kier alpha value is -0.840. The van der Waals surface area contributed by atoms with Crippen LogP contribution in [0.3, 0.4) is 0 Å². The molecule has 0 saturated carbocycles. The average Bonchev–Trinajstić information content (AvgIpc) is 2.15. The SMILES string of the molecule is CC(C)(CC(=O)C(F)(F)F)c1cccc(Br)c1. The third-order valence-electron chi connectivity index (χ3n) is 2.52. The second-order valence-corrected chi connectivity index (χ2v) is 5.41. The molecule has 0 radical (unpaired) electrons. The van der Waals surface area contributed by atoms with Gasteiger partial charge in [-0.2, -0.15) is 13.2 Å². The third-order valence-corrected chi connectivity index (χ3v) is 3.02. The number of alkyl halides is 3. The molecule has 0 aliphatic heterocycles. The van der Waals surface area contributed by atoms with Crippen molar-refractivity contribution in [3.8, 4) is 0 Å². The molecular weight excluding hydrogens is 297 g/mol. The summed E-state index contributed by atoms with van der Waals surface area (Å²) in [6.07, 6.45) is -5.31. The quantitative estimate of drug-likeness (QED) is 0.816. The van der Waals surface area contributed by atoms with E-state index < -0.39 is 23.8 Å². The first-order chi connectivity index (χ1) is 7.63. The van der Waals surface area contributed by atoms with Gasteiger partial charge in [0, 0.05) is 10.9 Å². The topological polar surface area (TPSA) is 17.1 Å². The highest BCUT2D eigenvalue weighted by Gasteiger charge is 2.41. The standard InChI is InChI=1S/C12H12BrF3O/c1-11(2,7-10(17)12(14,15)16)8-4-3-5-9(13)6-8/h3-6H,7H2,1-2H3. The summed E-state index contributed by atoms with van der Waals surface area (Å²) in [5, 5.41) is 0. The Labute approximate surface area is 106 Å². The van der Waals surface area contributed by atoms with Crippen LogP contribution >= 0.6 is 15.9 Å². The molecule has 0 N–H and O–H groups in total. The van der Waals surface area contributed by atoms with Gasteiger partial charge in [0.1, 0.15) is 0 Å². The maximum Gasteiger partial charge on any atom is 0.450 e. The van der Waals surface area contributed by atoms with Crippen LogP contribution in [0.15, 0.2) is 28.7 Å². The lowest BCUT2D eigenvalue weighted by Gasteiger charge is -2.25. The summed E-state index contributed by atoms with van der Waals surface area (Å²) in [6, 6.07) is 6.96. The number of ketones is 1. The Kier molecular flexibility index (Phi) is 4.02. The summed E-state index contributed by atoms with van der Waals surface area (Å²) in [7, 11) is 0. The van der Waals surface area contributed by atoms with E-state index >= 15 is 0 Å². The molecule has 0 saturated heterocycles. The van der Waals surface area contributed by atoms with Crippen LogP contribution in [-0.4, -0.2) is 12.0 Å². The van der Waals surface area contributed by atoms with Gasteiger partial charge in [-0.15, -0.1) is 0 Å². The van der Waals surface area contributed by atoms with E-state index in [2.05, 4.69) is 15.9 Å². The van der Waals surface area contributed by atoms with E-state index in [1.165, 1.54) is 0 Å². The van der Waals surface area contributed by atoms with Crippen LogP contribution in [0.1, 0.15) is 25.8 Å². The molecule has 1 rings (SSSR count). The van der Waals surface area contributed by atoms with Crippen molar-refractivity contribution in [1.29, 1.82) is 0 Å². The average molecular weight is 309 g/mol. The largest absolute Gasteiger partial charge is 0.450 e. The van der Waals surface area contributed by atoms with Crippen molar-refractivity contribution in [2.24, 2.45) is 0 Å². The molecule has 0 unspecified atom stereocenters. The molecule has 1 aromatic rings. The molecular formula is C12H12BrF3O. The van der Waals surface area contributed by atoms with Crippen molar-refractivity contribution in [2.75, 3.05) is 0 Å². The van der Waals surface area contributed by atoms with E-state index in [1.807, 2.05) is 0 Å². The van der Waals surface area contributed by atoms with Crippen LogP contribution in [0.4, 0.5) is 13.2 Å². The van der Waals surface area contributed by atoms with Gasteiger partial charge >= 0.3 is 6.18 Å². The van der Waals surface area contributed by atoms with Gasteiger partial charge in [-0.1, -0.05) is 41.9 Å². The Balaban J connectivity index is 2.93. The van der Waals surface area contributed by atoms with Crippen molar-refractivity contribution in [1.82, 2.24) is 0 Å². The van der Waals surface area contributed by atoms with Crippen LogP contribution in [-0.2, 0) is 10.2 Å². The fourth-order valence-corrected chi connectivity index (χ4v) is 1.91. The summed E-state index contributed by atoms with van der Waals surface area (Å²) in [5.41, 5.74) is -0.138. The number of rotatable bonds is 3. The van der Waals surface area contributed by atoms with Gasteiger partial charge in [-0.05, 0) is 23.1 Å². The van der Waals surface area contributed by atoms with E-state index in [1.54, 1.807) is 38.1 Å². The van der Waals surface area contributed by atoms with Gasteiger partial charge < -0.3 is 0 Å². The van der Waals surface area contributed by atoms with Crippen LogP contribution in [0.25, 0.3) is 0 Å². The predicted octanol–water partition coefficient (Wildman–Crippen LogP) is 4.25. The number of benzene rings is 1.